The largest absolute Gasteiger partial charge is 0.383 e. The number of halogens is 1. The van der Waals surface area contributed by atoms with Gasteiger partial charge in [-0.05, 0) is 24.1 Å². The number of benzene rings is 1. The average Bonchev–Trinajstić information content (AvgIpc) is 2.90. The normalized spacial score (nSPS) is 14.3. The maximum Gasteiger partial charge on any atom is 0.137 e. The number of aliphatic hydroxyl groups is 1. The zero-order chi connectivity index (χ0) is 13.7. The molecule has 0 radical (unpaired) electrons. The third-order valence-corrected chi connectivity index (χ3v) is 3.47. The zero-order valence-electron chi connectivity index (χ0n) is 11.0. The van der Waals surface area contributed by atoms with Crippen LogP contribution in [0.2, 0.25) is 5.02 Å². The molecular formula is C14H18ClN3O. The van der Waals surface area contributed by atoms with Gasteiger partial charge < -0.3 is 5.11 Å². The van der Waals surface area contributed by atoms with Crippen LogP contribution < -0.4 is 0 Å². The molecule has 0 fully saturated rings. The van der Waals surface area contributed by atoms with Gasteiger partial charge in [0, 0.05) is 5.02 Å². The number of nitrogens with zero attached hydrogens (tertiary/aromatic N) is 3. The van der Waals surface area contributed by atoms with Crippen LogP contribution in [0.4, 0.5) is 0 Å². The lowest BCUT2D eigenvalue weighted by Gasteiger charge is -2.28. The topological polar surface area (TPSA) is 50.9 Å². The van der Waals surface area contributed by atoms with E-state index in [0.717, 1.165) is 18.4 Å². The fourth-order valence-electron chi connectivity index (χ4n) is 2.13. The van der Waals surface area contributed by atoms with Crippen molar-refractivity contribution in [3.8, 4) is 0 Å². The minimum Gasteiger partial charge on any atom is -0.383 e. The molecule has 4 nitrogen and oxygen atoms in total. The molecule has 5 heteroatoms. The van der Waals surface area contributed by atoms with Crippen LogP contribution in [0.5, 0.6) is 0 Å². The molecule has 1 N–H and O–H groups in total. The second-order valence-corrected chi connectivity index (χ2v) is 5.17. The van der Waals surface area contributed by atoms with E-state index in [-0.39, 0.29) is 0 Å². The molecule has 0 amide bonds. The Morgan fingerprint density at radius 2 is 2.05 bits per heavy atom. The van der Waals surface area contributed by atoms with Gasteiger partial charge in [-0.15, -0.1) is 0 Å². The Morgan fingerprint density at radius 1 is 1.32 bits per heavy atom. The maximum atomic E-state index is 10.9. The van der Waals surface area contributed by atoms with Crippen LogP contribution in [0.3, 0.4) is 0 Å². The molecule has 2 aromatic rings. The molecule has 0 aliphatic heterocycles. The van der Waals surface area contributed by atoms with E-state index in [4.69, 9.17) is 11.6 Å². The highest BCUT2D eigenvalue weighted by Crippen LogP contribution is 2.29. The first kappa shape index (κ1) is 14.0. The minimum atomic E-state index is -0.936. The van der Waals surface area contributed by atoms with Crippen molar-refractivity contribution in [2.24, 2.45) is 0 Å². The van der Waals surface area contributed by atoms with Crippen molar-refractivity contribution in [3.05, 3.63) is 47.5 Å². The lowest BCUT2D eigenvalue weighted by molar-refractivity contribution is 0.00419. The number of hydrogen-bond donors (Lipinski definition) is 1. The van der Waals surface area contributed by atoms with Gasteiger partial charge in [-0.2, -0.15) is 5.10 Å². The highest BCUT2D eigenvalue weighted by molar-refractivity contribution is 6.30. The van der Waals surface area contributed by atoms with Gasteiger partial charge in [0.2, 0.25) is 0 Å². The molecule has 19 heavy (non-hydrogen) atoms. The van der Waals surface area contributed by atoms with E-state index in [1.807, 2.05) is 12.1 Å². The van der Waals surface area contributed by atoms with Crippen LogP contribution in [0, 0.1) is 0 Å². The third kappa shape index (κ3) is 3.55. The van der Waals surface area contributed by atoms with Crippen LogP contribution in [-0.4, -0.2) is 19.9 Å². The van der Waals surface area contributed by atoms with Crippen molar-refractivity contribution >= 4 is 11.6 Å². The first-order chi connectivity index (χ1) is 9.14. The smallest absolute Gasteiger partial charge is 0.137 e. The zero-order valence-corrected chi connectivity index (χ0v) is 11.7. The Labute approximate surface area is 118 Å². The summed E-state index contributed by atoms with van der Waals surface area (Å²) in [5.74, 6) is 0. The van der Waals surface area contributed by atoms with Gasteiger partial charge in [0.1, 0.15) is 18.3 Å². The van der Waals surface area contributed by atoms with E-state index in [1.54, 1.807) is 23.1 Å². The average molecular weight is 280 g/mol. The van der Waals surface area contributed by atoms with Crippen LogP contribution >= 0.6 is 11.6 Å². The highest BCUT2D eigenvalue weighted by Gasteiger charge is 2.29. The Morgan fingerprint density at radius 3 is 2.63 bits per heavy atom. The van der Waals surface area contributed by atoms with Gasteiger partial charge in [-0.3, -0.25) is 0 Å². The summed E-state index contributed by atoms with van der Waals surface area (Å²) in [7, 11) is 0. The lowest BCUT2D eigenvalue weighted by Crippen LogP contribution is -2.31. The van der Waals surface area contributed by atoms with Crippen LogP contribution in [0.25, 0.3) is 0 Å². The molecule has 2 rings (SSSR count). The van der Waals surface area contributed by atoms with Gasteiger partial charge in [-0.25, -0.2) is 9.67 Å². The molecule has 1 atom stereocenters. The third-order valence-electron chi connectivity index (χ3n) is 3.22. The first-order valence-electron chi connectivity index (χ1n) is 6.45. The summed E-state index contributed by atoms with van der Waals surface area (Å²) < 4.78 is 1.66. The highest BCUT2D eigenvalue weighted by atomic mass is 35.5. The summed E-state index contributed by atoms with van der Waals surface area (Å²) in [6, 6.07) is 7.34. The van der Waals surface area contributed by atoms with Crippen molar-refractivity contribution < 1.29 is 5.11 Å². The van der Waals surface area contributed by atoms with E-state index in [1.165, 1.54) is 6.33 Å². The van der Waals surface area contributed by atoms with Gasteiger partial charge in [0.25, 0.3) is 0 Å². The van der Waals surface area contributed by atoms with Crippen molar-refractivity contribution in [1.82, 2.24) is 14.8 Å². The maximum absolute atomic E-state index is 10.9. The molecule has 0 aliphatic rings. The fraction of sp³-hybridized carbons (Fsp3) is 0.429. The molecule has 0 bridgehead atoms. The van der Waals surface area contributed by atoms with Crippen LogP contribution in [0.1, 0.15) is 31.7 Å². The molecule has 1 unspecified atom stereocenters. The van der Waals surface area contributed by atoms with E-state index in [0.29, 0.717) is 18.0 Å². The van der Waals surface area contributed by atoms with Gasteiger partial charge in [-0.1, -0.05) is 43.5 Å². The predicted octanol–water partition coefficient (Wildman–Crippen LogP) is 3.01. The molecular weight excluding hydrogens is 262 g/mol. The molecule has 0 spiro atoms. The van der Waals surface area contributed by atoms with Crippen molar-refractivity contribution in [2.45, 2.75) is 38.3 Å². The second-order valence-electron chi connectivity index (χ2n) is 4.74. The summed E-state index contributed by atoms with van der Waals surface area (Å²) in [5.41, 5.74) is -0.0743. The molecule has 0 saturated carbocycles. The SMILES string of the molecule is CCCCC(O)(Cn1cncn1)c1ccc(Cl)cc1. The van der Waals surface area contributed by atoms with E-state index >= 15 is 0 Å². The second kappa shape index (κ2) is 6.17. The number of aromatic nitrogens is 3. The standard InChI is InChI=1S/C14H18ClN3O/c1-2-3-8-14(19,9-18-11-16-10-17-18)12-4-6-13(15)7-5-12/h4-7,10-11,19H,2-3,8-9H2,1H3. The van der Waals surface area contributed by atoms with Gasteiger partial charge >= 0.3 is 0 Å². The van der Waals surface area contributed by atoms with Crippen molar-refractivity contribution in [3.63, 3.8) is 0 Å². The Bertz CT molecular complexity index is 498. The Hall–Kier alpha value is -1.39. The number of rotatable bonds is 6. The summed E-state index contributed by atoms with van der Waals surface area (Å²) in [4.78, 5) is 3.91. The van der Waals surface area contributed by atoms with Gasteiger partial charge in [0.15, 0.2) is 0 Å². The summed E-state index contributed by atoms with van der Waals surface area (Å²) in [6.45, 7) is 2.51. The quantitative estimate of drug-likeness (QED) is 0.884. The Balaban J connectivity index is 2.25. The monoisotopic (exact) mass is 279 g/mol. The molecule has 0 aliphatic carbocycles. The molecule has 1 aromatic heterocycles. The first-order valence-corrected chi connectivity index (χ1v) is 6.83. The van der Waals surface area contributed by atoms with Gasteiger partial charge in [0.05, 0.1) is 6.54 Å². The summed E-state index contributed by atoms with van der Waals surface area (Å²) in [6.07, 6.45) is 5.76. The number of hydrogen-bond acceptors (Lipinski definition) is 3. The molecule has 0 saturated heterocycles. The number of unbranched alkanes of at least 4 members (excludes halogenated alkanes) is 1. The molecule has 1 heterocycles. The summed E-state index contributed by atoms with van der Waals surface area (Å²) >= 11 is 5.90. The fourth-order valence-corrected chi connectivity index (χ4v) is 2.25. The predicted molar refractivity (Wildman–Crippen MR) is 74.9 cm³/mol. The van der Waals surface area contributed by atoms with Crippen molar-refractivity contribution in [1.29, 1.82) is 0 Å². The van der Waals surface area contributed by atoms with Crippen molar-refractivity contribution in [2.75, 3.05) is 0 Å². The van der Waals surface area contributed by atoms with Crippen LogP contribution in [0.15, 0.2) is 36.9 Å². The summed E-state index contributed by atoms with van der Waals surface area (Å²) in [5, 5.41) is 15.7. The minimum absolute atomic E-state index is 0.397. The molecule has 1 aromatic carbocycles. The van der Waals surface area contributed by atoms with E-state index in [2.05, 4.69) is 17.0 Å². The molecule has 102 valence electrons. The van der Waals surface area contributed by atoms with E-state index < -0.39 is 5.60 Å². The lowest BCUT2D eigenvalue weighted by atomic mass is 9.88. The van der Waals surface area contributed by atoms with E-state index in [9.17, 15) is 5.11 Å². The van der Waals surface area contributed by atoms with Crippen LogP contribution in [-0.2, 0) is 12.1 Å². The Kier molecular flexibility index (Phi) is 4.56.